The van der Waals surface area contributed by atoms with Crippen LogP contribution in [0.15, 0.2) is 16.7 Å². The molecule has 0 amide bonds. The normalized spacial score (nSPS) is 19.6. The molecule has 7 heteroatoms. The maximum absolute atomic E-state index is 5.58. The fourth-order valence-electron chi connectivity index (χ4n) is 2.56. The highest BCUT2D eigenvalue weighted by molar-refractivity contribution is 5.26. The van der Waals surface area contributed by atoms with Gasteiger partial charge in [0.15, 0.2) is 5.82 Å². The van der Waals surface area contributed by atoms with Crippen LogP contribution in [0.3, 0.4) is 0 Å². The lowest BCUT2D eigenvalue weighted by molar-refractivity contribution is 0.233. The van der Waals surface area contributed by atoms with Crippen molar-refractivity contribution in [2.75, 3.05) is 12.3 Å². The standard InChI is InChI=1S/C13H18N6O/c1-2-13-15-12(18-20-13)8-19-7-3-4-10(19)9-5-6-11(14)17-16-9/h5-6,10H,2-4,7-8H2,1H3,(H2,14,17). The highest BCUT2D eigenvalue weighted by atomic mass is 16.5. The minimum absolute atomic E-state index is 0.256. The predicted octanol–water partition coefficient (Wildman–Crippen LogP) is 1.34. The molecule has 3 rings (SSSR count). The fourth-order valence-corrected chi connectivity index (χ4v) is 2.56. The van der Waals surface area contributed by atoms with Crippen LogP contribution in [0.4, 0.5) is 5.82 Å². The molecule has 1 aliphatic heterocycles. The first-order valence-corrected chi connectivity index (χ1v) is 6.91. The SMILES string of the molecule is CCc1nc(CN2CCCC2c2ccc(N)nn2)no1. The summed E-state index contributed by atoms with van der Waals surface area (Å²) < 4.78 is 5.15. The van der Waals surface area contributed by atoms with Crippen molar-refractivity contribution in [3.05, 3.63) is 29.5 Å². The quantitative estimate of drug-likeness (QED) is 0.899. The number of rotatable bonds is 4. The van der Waals surface area contributed by atoms with Crippen LogP contribution in [-0.2, 0) is 13.0 Å². The van der Waals surface area contributed by atoms with Gasteiger partial charge in [0, 0.05) is 6.42 Å². The Morgan fingerprint density at radius 1 is 1.40 bits per heavy atom. The third kappa shape index (κ3) is 2.62. The van der Waals surface area contributed by atoms with E-state index >= 15 is 0 Å². The molecule has 0 aliphatic carbocycles. The molecule has 1 aliphatic rings. The molecule has 1 unspecified atom stereocenters. The second kappa shape index (κ2) is 5.54. The molecule has 3 heterocycles. The van der Waals surface area contributed by atoms with E-state index in [1.54, 1.807) is 6.07 Å². The zero-order valence-electron chi connectivity index (χ0n) is 11.5. The number of hydrogen-bond acceptors (Lipinski definition) is 7. The number of hydrogen-bond donors (Lipinski definition) is 1. The van der Waals surface area contributed by atoms with Crippen molar-refractivity contribution in [3.8, 4) is 0 Å². The zero-order chi connectivity index (χ0) is 13.9. The van der Waals surface area contributed by atoms with Gasteiger partial charge in [-0.15, -0.1) is 5.10 Å². The summed E-state index contributed by atoms with van der Waals surface area (Å²) in [5.41, 5.74) is 6.54. The van der Waals surface area contributed by atoms with E-state index in [1.807, 2.05) is 13.0 Å². The van der Waals surface area contributed by atoms with Crippen LogP contribution >= 0.6 is 0 Å². The Hall–Kier alpha value is -2.02. The van der Waals surface area contributed by atoms with Crippen molar-refractivity contribution in [1.29, 1.82) is 0 Å². The second-order valence-electron chi connectivity index (χ2n) is 4.97. The molecular formula is C13H18N6O. The Bertz CT molecular complexity index is 566. The average molecular weight is 274 g/mol. The molecule has 0 bridgehead atoms. The minimum Gasteiger partial charge on any atom is -0.382 e. The smallest absolute Gasteiger partial charge is 0.226 e. The molecule has 0 spiro atoms. The van der Waals surface area contributed by atoms with Gasteiger partial charge < -0.3 is 10.3 Å². The Morgan fingerprint density at radius 2 is 2.30 bits per heavy atom. The molecule has 1 atom stereocenters. The van der Waals surface area contributed by atoms with Gasteiger partial charge in [0.05, 0.1) is 18.3 Å². The first-order valence-electron chi connectivity index (χ1n) is 6.91. The molecule has 1 fully saturated rings. The first-order chi connectivity index (χ1) is 9.76. The van der Waals surface area contributed by atoms with Gasteiger partial charge in [-0.3, -0.25) is 4.90 Å². The van der Waals surface area contributed by atoms with E-state index in [0.717, 1.165) is 37.3 Å². The minimum atomic E-state index is 0.256. The van der Waals surface area contributed by atoms with Crippen molar-refractivity contribution < 1.29 is 4.52 Å². The van der Waals surface area contributed by atoms with Gasteiger partial charge in [0.25, 0.3) is 0 Å². The largest absolute Gasteiger partial charge is 0.382 e. The van der Waals surface area contributed by atoms with Gasteiger partial charge in [-0.2, -0.15) is 10.1 Å². The highest BCUT2D eigenvalue weighted by Gasteiger charge is 2.28. The number of aryl methyl sites for hydroxylation is 1. The van der Waals surface area contributed by atoms with E-state index in [1.165, 1.54) is 0 Å². The molecule has 2 aromatic rings. The van der Waals surface area contributed by atoms with Crippen LogP contribution in [0.25, 0.3) is 0 Å². The van der Waals surface area contributed by atoms with Gasteiger partial charge >= 0.3 is 0 Å². The second-order valence-corrected chi connectivity index (χ2v) is 4.97. The molecule has 0 aromatic carbocycles. The fraction of sp³-hybridized carbons (Fsp3) is 0.538. The molecule has 2 aromatic heterocycles. The Balaban J connectivity index is 1.73. The summed E-state index contributed by atoms with van der Waals surface area (Å²) >= 11 is 0. The average Bonchev–Trinajstić information content (AvgIpc) is 3.09. The molecule has 1 saturated heterocycles. The molecule has 2 N–H and O–H groups in total. The Morgan fingerprint density at radius 3 is 3.00 bits per heavy atom. The Kier molecular flexibility index (Phi) is 3.60. The van der Waals surface area contributed by atoms with E-state index in [0.29, 0.717) is 18.3 Å². The van der Waals surface area contributed by atoms with Gasteiger partial charge in [-0.05, 0) is 31.5 Å². The van der Waals surface area contributed by atoms with Crippen molar-refractivity contribution in [2.24, 2.45) is 0 Å². The van der Waals surface area contributed by atoms with Crippen LogP contribution in [-0.4, -0.2) is 31.8 Å². The summed E-state index contributed by atoms with van der Waals surface area (Å²) in [6, 6.07) is 3.99. The maximum atomic E-state index is 5.58. The maximum Gasteiger partial charge on any atom is 0.226 e. The summed E-state index contributed by atoms with van der Waals surface area (Å²) in [4.78, 5) is 6.67. The number of likely N-dealkylation sites (tertiary alicyclic amines) is 1. The summed E-state index contributed by atoms with van der Waals surface area (Å²) in [6.45, 7) is 3.69. The molecule has 7 nitrogen and oxygen atoms in total. The summed E-state index contributed by atoms with van der Waals surface area (Å²) in [7, 11) is 0. The molecule has 106 valence electrons. The lowest BCUT2D eigenvalue weighted by atomic mass is 10.1. The van der Waals surface area contributed by atoms with Gasteiger partial charge in [-0.1, -0.05) is 12.1 Å². The monoisotopic (exact) mass is 274 g/mol. The third-order valence-corrected chi connectivity index (χ3v) is 3.57. The third-order valence-electron chi connectivity index (χ3n) is 3.57. The zero-order valence-corrected chi connectivity index (χ0v) is 11.5. The number of nitrogen functional groups attached to an aromatic ring is 1. The van der Waals surface area contributed by atoms with Crippen LogP contribution in [0.1, 0.15) is 43.2 Å². The van der Waals surface area contributed by atoms with Gasteiger partial charge in [0.1, 0.15) is 5.82 Å². The molecule has 0 radical (unpaired) electrons. The Labute approximate surface area is 117 Å². The number of nitrogens with zero attached hydrogens (tertiary/aromatic N) is 5. The lowest BCUT2D eigenvalue weighted by Crippen LogP contribution is -2.24. The van der Waals surface area contributed by atoms with Crippen molar-refractivity contribution in [3.63, 3.8) is 0 Å². The molecular weight excluding hydrogens is 256 g/mol. The number of nitrogens with two attached hydrogens (primary N) is 1. The van der Waals surface area contributed by atoms with Crippen LogP contribution in [0.2, 0.25) is 0 Å². The summed E-state index contributed by atoms with van der Waals surface area (Å²) in [5.74, 6) is 1.87. The molecule has 0 saturated carbocycles. The van der Waals surface area contributed by atoms with Crippen LogP contribution < -0.4 is 5.73 Å². The van der Waals surface area contributed by atoms with Crippen molar-refractivity contribution >= 4 is 5.82 Å². The van der Waals surface area contributed by atoms with E-state index < -0.39 is 0 Å². The summed E-state index contributed by atoms with van der Waals surface area (Å²) in [5, 5.41) is 12.1. The molecule has 20 heavy (non-hydrogen) atoms. The van der Waals surface area contributed by atoms with E-state index in [4.69, 9.17) is 10.3 Å². The lowest BCUT2D eigenvalue weighted by Gasteiger charge is -2.21. The topological polar surface area (TPSA) is 94.0 Å². The van der Waals surface area contributed by atoms with E-state index in [-0.39, 0.29) is 6.04 Å². The number of aromatic nitrogens is 4. The van der Waals surface area contributed by atoms with Crippen LogP contribution in [0, 0.1) is 0 Å². The van der Waals surface area contributed by atoms with Crippen molar-refractivity contribution in [1.82, 2.24) is 25.2 Å². The first kappa shape index (κ1) is 13.0. The van der Waals surface area contributed by atoms with Gasteiger partial charge in [-0.25, -0.2) is 0 Å². The summed E-state index contributed by atoms with van der Waals surface area (Å²) in [6.07, 6.45) is 2.96. The predicted molar refractivity (Wildman–Crippen MR) is 72.5 cm³/mol. The van der Waals surface area contributed by atoms with Crippen molar-refractivity contribution in [2.45, 2.75) is 38.8 Å². The van der Waals surface area contributed by atoms with E-state index in [2.05, 4.69) is 25.2 Å². The van der Waals surface area contributed by atoms with Crippen LogP contribution in [0.5, 0.6) is 0 Å². The number of anilines is 1. The van der Waals surface area contributed by atoms with E-state index in [9.17, 15) is 0 Å². The highest BCUT2D eigenvalue weighted by Crippen LogP contribution is 2.31. The van der Waals surface area contributed by atoms with Gasteiger partial charge in [0.2, 0.25) is 5.89 Å².